The van der Waals surface area contributed by atoms with Gasteiger partial charge in [0.25, 0.3) is 13.1 Å². The van der Waals surface area contributed by atoms with E-state index < -0.39 is 24.4 Å². The van der Waals surface area contributed by atoms with Gasteiger partial charge in [0, 0.05) is 31.9 Å². The average molecular weight is 388 g/mol. The number of nitro groups is 1. The van der Waals surface area contributed by atoms with E-state index >= 15 is 0 Å². The van der Waals surface area contributed by atoms with E-state index in [2.05, 4.69) is 5.32 Å². The van der Waals surface area contributed by atoms with Gasteiger partial charge in [0.05, 0.1) is 29.8 Å². The first-order valence-electron chi connectivity index (χ1n) is 8.51. The highest BCUT2D eigenvalue weighted by molar-refractivity contribution is 7.58. The molecule has 0 spiro atoms. The van der Waals surface area contributed by atoms with Crippen molar-refractivity contribution < 1.29 is 28.6 Å². The molecule has 1 saturated heterocycles. The molecule has 1 fully saturated rings. The van der Waals surface area contributed by atoms with Crippen molar-refractivity contribution in [3.63, 3.8) is 0 Å². The van der Waals surface area contributed by atoms with Gasteiger partial charge in [-0.15, -0.1) is 0 Å². The zero-order valence-corrected chi connectivity index (χ0v) is 15.8. The normalized spacial score (nSPS) is 22.9. The quantitative estimate of drug-likeness (QED) is 0.286. The van der Waals surface area contributed by atoms with Crippen LogP contribution in [0.25, 0.3) is 0 Å². The molecule has 1 aliphatic heterocycles. The highest BCUT2D eigenvalue weighted by atomic mass is 31.2. The zero-order valence-electron chi connectivity index (χ0n) is 14.9. The molecule has 1 aromatic carbocycles. The lowest BCUT2D eigenvalue weighted by molar-refractivity contribution is -0.384. The average Bonchev–Trinajstić information content (AvgIpc) is 2.62. The van der Waals surface area contributed by atoms with Crippen molar-refractivity contribution >= 4 is 13.1 Å². The van der Waals surface area contributed by atoms with Crippen molar-refractivity contribution in [2.45, 2.75) is 32.0 Å². The molecule has 0 bridgehead atoms. The number of nitrogens with zero attached hydrogens (tertiary/aromatic N) is 1. The lowest BCUT2D eigenvalue weighted by Gasteiger charge is -2.32. The summed E-state index contributed by atoms with van der Waals surface area (Å²) in [7, 11) is -3.72. The van der Waals surface area contributed by atoms with Crippen LogP contribution >= 0.6 is 7.37 Å². The summed E-state index contributed by atoms with van der Waals surface area (Å²) in [6.07, 6.45) is -0.559. The molecule has 3 atom stereocenters. The van der Waals surface area contributed by atoms with Crippen LogP contribution in [0.4, 0.5) is 5.69 Å². The molecule has 0 saturated carbocycles. The van der Waals surface area contributed by atoms with E-state index in [0.29, 0.717) is 6.54 Å². The fourth-order valence-corrected chi connectivity index (χ4v) is 4.51. The standard InChI is InChI=1S/C16H25N2O7P/c1-3-23-16(24-4-2)26(21,22)11-14-9-17-15(10-25-14)12-6-5-7-13(8-12)18(19)20/h5-8,14-17H,3-4,9-11H2,1-2H3,(H,21,22)/t14-,15-/m1/s1. The van der Waals surface area contributed by atoms with E-state index in [0.717, 1.165) is 5.56 Å². The van der Waals surface area contributed by atoms with Crippen LogP contribution in [0.15, 0.2) is 24.3 Å². The Balaban J connectivity index is 1.94. The molecule has 1 aromatic rings. The lowest BCUT2D eigenvalue weighted by Crippen LogP contribution is -2.43. The molecular formula is C16H25N2O7P. The number of hydrogen-bond donors (Lipinski definition) is 2. The Labute approximate surface area is 152 Å². The molecule has 0 amide bonds. The van der Waals surface area contributed by atoms with Crippen LogP contribution in [0.3, 0.4) is 0 Å². The molecule has 1 aliphatic rings. The fourth-order valence-electron chi connectivity index (χ4n) is 2.75. The molecular weight excluding hydrogens is 363 g/mol. The molecule has 1 heterocycles. The van der Waals surface area contributed by atoms with Crippen LogP contribution in [0.2, 0.25) is 0 Å². The number of hydrogen-bond acceptors (Lipinski definition) is 7. The van der Waals surface area contributed by atoms with Gasteiger partial charge in [-0.2, -0.15) is 0 Å². The molecule has 0 radical (unpaired) electrons. The van der Waals surface area contributed by atoms with Crippen LogP contribution in [-0.4, -0.2) is 54.5 Å². The summed E-state index contributed by atoms with van der Waals surface area (Å²) >= 11 is 0. The largest absolute Gasteiger partial charge is 0.374 e. The zero-order chi connectivity index (χ0) is 19.2. The second kappa shape index (κ2) is 9.55. The fraction of sp³-hybridized carbons (Fsp3) is 0.625. The van der Waals surface area contributed by atoms with Gasteiger partial charge in [-0.25, -0.2) is 0 Å². The smallest absolute Gasteiger partial charge is 0.269 e. The first-order chi connectivity index (χ1) is 12.4. The Bertz CT molecular complexity index is 643. The predicted octanol–water partition coefficient (Wildman–Crippen LogP) is 2.25. The number of ether oxygens (including phenoxy) is 3. The van der Waals surface area contributed by atoms with Crippen molar-refractivity contribution in [1.29, 1.82) is 0 Å². The predicted molar refractivity (Wildman–Crippen MR) is 95.3 cm³/mol. The Morgan fingerprint density at radius 2 is 2.12 bits per heavy atom. The Hall–Kier alpha value is -1.35. The van der Waals surface area contributed by atoms with Crippen LogP contribution < -0.4 is 5.32 Å². The van der Waals surface area contributed by atoms with Crippen molar-refractivity contribution in [2.24, 2.45) is 0 Å². The van der Waals surface area contributed by atoms with Crippen molar-refractivity contribution in [3.05, 3.63) is 39.9 Å². The van der Waals surface area contributed by atoms with Crippen molar-refractivity contribution in [1.82, 2.24) is 5.32 Å². The molecule has 146 valence electrons. The van der Waals surface area contributed by atoms with E-state index in [1.54, 1.807) is 26.0 Å². The Morgan fingerprint density at radius 1 is 1.42 bits per heavy atom. The maximum absolute atomic E-state index is 12.6. The van der Waals surface area contributed by atoms with Crippen LogP contribution in [-0.2, 0) is 18.8 Å². The van der Waals surface area contributed by atoms with Gasteiger partial charge in [0.15, 0.2) is 0 Å². The molecule has 2 rings (SSSR count). The first-order valence-corrected chi connectivity index (χ1v) is 10.4. The third kappa shape index (κ3) is 5.57. The second-order valence-corrected chi connectivity index (χ2v) is 8.22. The second-order valence-electron chi connectivity index (χ2n) is 5.92. The topological polar surface area (TPSA) is 120 Å². The maximum Gasteiger partial charge on any atom is 0.269 e. The van der Waals surface area contributed by atoms with Gasteiger partial charge in [0.1, 0.15) is 0 Å². The van der Waals surface area contributed by atoms with E-state index in [-0.39, 0.29) is 37.7 Å². The number of benzene rings is 1. The Kier molecular flexibility index (Phi) is 7.69. The summed E-state index contributed by atoms with van der Waals surface area (Å²) in [6, 6.07) is 4.97. The van der Waals surface area contributed by atoms with E-state index in [4.69, 9.17) is 14.2 Å². The van der Waals surface area contributed by atoms with Crippen LogP contribution in [0.1, 0.15) is 25.5 Å². The molecule has 1 unspecified atom stereocenters. The van der Waals surface area contributed by atoms with Gasteiger partial charge in [-0.05, 0) is 19.4 Å². The number of rotatable bonds is 9. The summed E-state index contributed by atoms with van der Waals surface area (Å²) in [5, 5.41) is 14.1. The van der Waals surface area contributed by atoms with Gasteiger partial charge >= 0.3 is 0 Å². The monoisotopic (exact) mass is 388 g/mol. The minimum absolute atomic E-state index is 0.0163. The Morgan fingerprint density at radius 3 is 2.65 bits per heavy atom. The highest BCUT2D eigenvalue weighted by Gasteiger charge is 2.37. The summed E-state index contributed by atoms with van der Waals surface area (Å²) in [6.45, 7) is 4.60. The van der Waals surface area contributed by atoms with Gasteiger partial charge in [-0.3, -0.25) is 14.7 Å². The van der Waals surface area contributed by atoms with Crippen LogP contribution in [0, 0.1) is 10.1 Å². The third-order valence-corrected chi connectivity index (χ3v) is 5.87. The first kappa shape index (κ1) is 21.0. The molecule has 0 aromatic heterocycles. The highest BCUT2D eigenvalue weighted by Crippen LogP contribution is 2.48. The number of non-ortho nitro benzene ring substituents is 1. The van der Waals surface area contributed by atoms with Gasteiger partial charge in [-0.1, -0.05) is 12.1 Å². The summed E-state index contributed by atoms with van der Waals surface area (Å²) < 4.78 is 28.7. The lowest BCUT2D eigenvalue weighted by atomic mass is 10.1. The minimum atomic E-state index is -3.72. The van der Waals surface area contributed by atoms with E-state index in [9.17, 15) is 19.6 Å². The SMILES string of the molecule is CCOC(OCC)P(=O)(O)C[C@H]1CN[C@@H](c2cccc([N+](=O)[O-])c2)CO1. The molecule has 9 nitrogen and oxygen atoms in total. The van der Waals surface area contributed by atoms with Crippen molar-refractivity contribution in [2.75, 3.05) is 32.5 Å². The maximum atomic E-state index is 12.6. The van der Waals surface area contributed by atoms with E-state index in [1.807, 2.05) is 0 Å². The summed E-state index contributed by atoms with van der Waals surface area (Å²) in [5.74, 6) is 0. The molecule has 26 heavy (non-hydrogen) atoms. The number of nitro benzene ring substituents is 1. The summed E-state index contributed by atoms with van der Waals surface area (Å²) in [4.78, 5) is 20.7. The molecule has 2 N–H and O–H groups in total. The minimum Gasteiger partial charge on any atom is -0.374 e. The third-order valence-electron chi connectivity index (χ3n) is 3.99. The molecule has 10 heteroatoms. The van der Waals surface area contributed by atoms with Crippen LogP contribution in [0.5, 0.6) is 0 Å². The number of morpholine rings is 1. The van der Waals surface area contributed by atoms with Gasteiger partial charge in [0.2, 0.25) is 6.03 Å². The van der Waals surface area contributed by atoms with Gasteiger partial charge < -0.3 is 24.4 Å². The summed E-state index contributed by atoms with van der Waals surface area (Å²) in [5.41, 5.74) is 0.758. The molecule has 0 aliphatic carbocycles. The van der Waals surface area contributed by atoms with Crippen molar-refractivity contribution in [3.8, 4) is 0 Å². The van der Waals surface area contributed by atoms with E-state index in [1.165, 1.54) is 12.1 Å². The number of nitrogens with one attached hydrogen (secondary N) is 1.